The Morgan fingerprint density at radius 3 is 2.68 bits per heavy atom. The minimum Gasteiger partial charge on any atom is -0.484 e. The molecule has 0 radical (unpaired) electrons. The van der Waals surface area contributed by atoms with Crippen LogP contribution in [0.2, 0.25) is 0 Å². The molecule has 5 nitrogen and oxygen atoms in total. The standard InChI is InChI=1S/C14H16N2O3/c1-2-7-16(8-9-17)14(18)11-19-13-5-3-12(10-15)4-6-13/h2-6,17H,1,7-9,11H2. The lowest BCUT2D eigenvalue weighted by Gasteiger charge is -2.19. The summed E-state index contributed by atoms with van der Waals surface area (Å²) in [5.41, 5.74) is 0.534. The number of amides is 1. The highest BCUT2D eigenvalue weighted by Crippen LogP contribution is 2.11. The fourth-order valence-corrected chi connectivity index (χ4v) is 1.46. The summed E-state index contributed by atoms with van der Waals surface area (Å²) in [5, 5.41) is 17.5. The number of nitriles is 1. The van der Waals surface area contributed by atoms with Gasteiger partial charge in [-0.25, -0.2) is 0 Å². The minimum absolute atomic E-state index is 0.101. The van der Waals surface area contributed by atoms with Crippen molar-refractivity contribution >= 4 is 5.91 Å². The molecule has 0 saturated heterocycles. The molecule has 0 fully saturated rings. The SMILES string of the molecule is C=CCN(CCO)C(=O)COc1ccc(C#N)cc1. The van der Waals surface area contributed by atoms with Crippen molar-refractivity contribution < 1.29 is 14.6 Å². The van der Waals surface area contributed by atoms with Gasteiger partial charge in [0.05, 0.1) is 18.2 Å². The van der Waals surface area contributed by atoms with Crippen molar-refractivity contribution in [3.63, 3.8) is 0 Å². The molecule has 19 heavy (non-hydrogen) atoms. The summed E-state index contributed by atoms with van der Waals surface area (Å²) >= 11 is 0. The van der Waals surface area contributed by atoms with Gasteiger partial charge in [0.15, 0.2) is 6.61 Å². The minimum atomic E-state index is -0.224. The van der Waals surface area contributed by atoms with Gasteiger partial charge < -0.3 is 14.7 Å². The molecule has 0 aliphatic carbocycles. The van der Waals surface area contributed by atoms with Crippen molar-refractivity contribution in [2.24, 2.45) is 0 Å². The second-order valence-corrected chi connectivity index (χ2v) is 3.78. The van der Waals surface area contributed by atoms with Crippen molar-refractivity contribution in [2.45, 2.75) is 0 Å². The van der Waals surface area contributed by atoms with Crippen LogP contribution in [-0.4, -0.2) is 42.2 Å². The van der Waals surface area contributed by atoms with Crippen molar-refractivity contribution in [1.82, 2.24) is 4.90 Å². The second-order valence-electron chi connectivity index (χ2n) is 3.78. The zero-order chi connectivity index (χ0) is 14.1. The van der Waals surface area contributed by atoms with Gasteiger partial charge in [0, 0.05) is 13.1 Å². The third-order valence-corrected chi connectivity index (χ3v) is 2.42. The Morgan fingerprint density at radius 1 is 1.47 bits per heavy atom. The molecule has 100 valence electrons. The number of aliphatic hydroxyl groups excluding tert-OH is 1. The average Bonchev–Trinajstić information content (AvgIpc) is 2.45. The molecule has 1 aromatic carbocycles. The van der Waals surface area contributed by atoms with Crippen molar-refractivity contribution in [3.05, 3.63) is 42.5 Å². The lowest BCUT2D eigenvalue weighted by atomic mass is 10.2. The maximum Gasteiger partial charge on any atom is 0.260 e. The number of aliphatic hydroxyl groups is 1. The average molecular weight is 260 g/mol. The van der Waals surface area contributed by atoms with Gasteiger partial charge in [-0.2, -0.15) is 5.26 Å². The number of ether oxygens (including phenoxy) is 1. The number of hydrogen-bond acceptors (Lipinski definition) is 4. The van der Waals surface area contributed by atoms with Crippen molar-refractivity contribution in [2.75, 3.05) is 26.3 Å². The van der Waals surface area contributed by atoms with E-state index in [9.17, 15) is 4.79 Å². The summed E-state index contributed by atoms with van der Waals surface area (Å²) in [5.74, 6) is 0.299. The molecule has 5 heteroatoms. The number of benzene rings is 1. The van der Waals surface area contributed by atoms with E-state index in [2.05, 4.69) is 6.58 Å². The summed E-state index contributed by atoms with van der Waals surface area (Å²) in [4.78, 5) is 13.3. The first-order valence-electron chi connectivity index (χ1n) is 5.83. The molecule has 0 bridgehead atoms. The fourth-order valence-electron chi connectivity index (χ4n) is 1.46. The summed E-state index contributed by atoms with van der Waals surface area (Å²) in [6.07, 6.45) is 1.59. The van der Waals surface area contributed by atoms with Gasteiger partial charge in [0.1, 0.15) is 5.75 Å². The Labute approximate surface area is 112 Å². The van der Waals surface area contributed by atoms with E-state index in [1.165, 1.54) is 4.90 Å². The molecule has 1 amide bonds. The Kier molecular flexibility index (Phi) is 6.13. The molecule has 1 rings (SSSR count). The first kappa shape index (κ1) is 14.7. The lowest BCUT2D eigenvalue weighted by molar-refractivity contribution is -0.133. The molecule has 0 aliphatic rings. The predicted octanol–water partition coefficient (Wildman–Crippen LogP) is 0.944. The summed E-state index contributed by atoms with van der Waals surface area (Å²) in [6.45, 7) is 3.97. The molecule has 0 spiro atoms. The normalized spacial score (nSPS) is 9.47. The van der Waals surface area contributed by atoms with Crippen LogP contribution in [0.1, 0.15) is 5.56 Å². The molecular formula is C14H16N2O3. The van der Waals surface area contributed by atoms with E-state index in [0.717, 1.165) is 0 Å². The second kappa shape index (κ2) is 7.90. The summed E-state index contributed by atoms with van der Waals surface area (Å²) in [6, 6.07) is 8.51. The van der Waals surface area contributed by atoms with Crippen LogP contribution in [0.3, 0.4) is 0 Å². The zero-order valence-corrected chi connectivity index (χ0v) is 10.6. The largest absolute Gasteiger partial charge is 0.484 e. The summed E-state index contributed by atoms with van der Waals surface area (Å²) in [7, 11) is 0. The lowest BCUT2D eigenvalue weighted by Crippen LogP contribution is -2.37. The Balaban J connectivity index is 2.51. The van der Waals surface area contributed by atoms with E-state index >= 15 is 0 Å². The van der Waals surface area contributed by atoms with Crippen molar-refractivity contribution in [3.8, 4) is 11.8 Å². The van der Waals surface area contributed by atoms with Gasteiger partial charge in [0.2, 0.25) is 0 Å². The fraction of sp³-hybridized carbons (Fsp3) is 0.286. The van der Waals surface area contributed by atoms with Crippen LogP contribution in [0.25, 0.3) is 0 Å². The highest BCUT2D eigenvalue weighted by atomic mass is 16.5. The van der Waals surface area contributed by atoms with Gasteiger partial charge >= 0.3 is 0 Å². The number of carbonyl (C=O) groups is 1. The van der Waals surface area contributed by atoms with Gasteiger partial charge in [-0.15, -0.1) is 6.58 Å². The van der Waals surface area contributed by atoms with Gasteiger partial charge in [-0.1, -0.05) is 6.08 Å². The summed E-state index contributed by atoms with van der Waals surface area (Å²) < 4.78 is 5.32. The van der Waals surface area contributed by atoms with E-state index in [-0.39, 0.29) is 25.7 Å². The Morgan fingerprint density at radius 2 is 2.16 bits per heavy atom. The maximum absolute atomic E-state index is 11.8. The first-order chi connectivity index (χ1) is 9.21. The molecule has 1 N–H and O–H groups in total. The Bertz CT molecular complexity index is 463. The van der Waals surface area contributed by atoms with Crippen LogP contribution in [0.5, 0.6) is 5.75 Å². The van der Waals surface area contributed by atoms with Gasteiger partial charge in [-0.3, -0.25) is 4.79 Å². The van der Waals surface area contributed by atoms with Crippen LogP contribution >= 0.6 is 0 Å². The van der Waals surface area contributed by atoms with E-state index in [1.807, 2.05) is 6.07 Å². The van der Waals surface area contributed by atoms with Crippen LogP contribution in [0.4, 0.5) is 0 Å². The highest BCUT2D eigenvalue weighted by molar-refractivity contribution is 5.77. The van der Waals surface area contributed by atoms with Crippen LogP contribution in [0, 0.1) is 11.3 Å². The van der Waals surface area contributed by atoms with Crippen LogP contribution in [-0.2, 0) is 4.79 Å². The molecule has 0 saturated carbocycles. The molecule has 0 aromatic heterocycles. The van der Waals surface area contributed by atoms with E-state index < -0.39 is 0 Å². The van der Waals surface area contributed by atoms with E-state index in [0.29, 0.717) is 17.9 Å². The quantitative estimate of drug-likeness (QED) is 0.741. The van der Waals surface area contributed by atoms with Crippen LogP contribution < -0.4 is 4.74 Å². The van der Waals surface area contributed by atoms with Crippen molar-refractivity contribution in [1.29, 1.82) is 5.26 Å². The number of hydrogen-bond donors (Lipinski definition) is 1. The number of carbonyl (C=O) groups excluding carboxylic acids is 1. The monoisotopic (exact) mass is 260 g/mol. The third-order valence-electron chi connectivity index (χ3n) is 2.42. The topological polar surface area (TPSA) is 73.6 Å². The molecule has 0 heterocycles. The first-order valence-corrected chi connectivity index (χ1v) is 5.83. The predicted molar refractivity (Wildman–Crippen MR) is 70.5 cm³/mol. The van der Waals surface area contributed by atoms with Gasteiger partial charge in [-0.05, 0) is 24.3 Å². The molecule has 0 aliphatic heterocycles. The zero-order valence-electron chi connectivity index (χ0n) is 10.6. The number of nitrogens with zero attached hydrogens (tertiary/aromatic N) is 2. The van der Waals surface area contributed by atoms with Gasteiger partial charge in [0.25, 0.3) is 5.91 Å². The maximum atomic E-state index is 11.8. The Hall–Kier alpha value is -2.32. The third kappa shape index (κ3) is 4.82. The smallest absolute Gasteiger partial charge is 0.260 e. The highest BCUT2D eigenvalue weighted by Gasteiger charge is 2.12. The van der Waals surface area contributed by atoms with E-state index in [4.69, 9.17) is 15.1 Å². The molecule has 0 unspecified atom stereocenters. The number of rotatable bonds is 7. The molecular weight excluding hydrogens is 244 g/mol. The van der Waals surface area contributed by atoms with Crippen LogP contribution in [0.15, 0.2) is 36.9 Å². The molecule has 0 atom stereocenters. The molecule has 1 aromatic rings. The van der Waals surface area contributed by atoms with E-state index in [1.54, 1.807) is 30.3 Å².